The number of nitrogens with one attached hydrogen (secondary N) is 1. The monoisotopic (exact) mass is 816 g/mol. The Balaban J connectivity index is 0.728. The van der Waals surface area contributed by atoms with Crippen molar-refractivity contribution in [2.24, 2.45) is 0 Å². The van der Waals surface area contributed by atoms with Crippen molar-refractivity contribution in [2.45, 2.75) is 38.1 Å². The Morgan fingerprint density at radius 2 is 1.38 bits per heavy atom. The minimum absolute atomic E-state index is 0.114. The first-order valence-electron chi connectivity index (χ1n) is 19.9. The fourth-order valence-corrected chi connectivity index (χ4v) is 11.1. The predicted molar refractivity (Wildman–Crippen MR) is 225 cm³/mol. The van der Waals surface area contributed by atoms with Crippen LogP contribution in [0.2, 0.25) is 0 Å². The van der Waals surface area contributed by atoms with Gasteiger partial charge in [0.1, 0.15) is 51.4 Å². The molecule has 12 rings (SSSR count). The van der Waals surface area contributed by atoms with E-state index < -0.39 is 0 Å². The third-order valence-corrected chi connectivity index (χ3v) is 14.3. The summed E-state index contributed by atoms with van der Waals surface area (Å²) in [5.41, 5.74) is 8.10. The molecule has 0 bridgehead atoms. The lowest BCUT2D eigenvalue weighted by Gasteiger charge is -2.41. The molecule has 4 aliphatic heterocycles. The van der Waals surface area contributed by atoms with E-state index in [0.29, 0.717) is 39.4 Å². The summed E-state index contributed by atoms with van der Waals surface area (Å²) in [5.74, 6) is 1.40. The Morgan fingerprint density at radius 1 is 0.655 bits per heavy atom. The van der Waals surface area contributed by atoms with Crippen LogP contribution in [0.5, 0.6) is 0 Å². The second-order valence-electron chi connectivity index (χ2n) is 15.6. The standard InChI is InChI=1S/C43H38F2N8O3S2/c44-24-1-4-31-27(17-24)29-20-51(11-9-32(29)46-31)40-8-6-34-41(49-40)58-43(48-34)53-14-16-55-38(23-53)37-22-52(13-15-54-37)42-47-33-5-3-26(19-39(33)57-42)50-12-10-36-30(21-50)28-18-25(45)2-7-35(28)56-36/h1-8,17-19,37-38,46H,9-16,20-23H2. The zero-order chi connectivity index (χ0) is 38.5. The minimum Gasteiger partial charge on any atom is -0.461 e. The molecule has 58 heavy (non-hydrogen) atoms. The van der Waals surface area contributed by atoms with Gasteiger partial charge >= 0.3 is 0 Å². The number of thiazole rings is 2. The number of halogens is 2. The summed E-state index contributed by atoms with van der Waals surface area (Å²) < 4.78 is 48.2. The highest BCUT2D eigenvalue weighted by molar-refractivity contribution is 7.22. The Bertz CT molecular complexity index is 2700. The molecule has 11 nitrogen and oxygen atoms in total. The molecular weight excluding hydrogens is 779 g/mol. The summed E-state index contributed by atoms with van der Waals surface area (Å²) in [6.07, 6.45) is 1.40. The number of nitrogens with zero attached hydrogens (tertiary/aromatic N) is 7. The van der Waals surface area contributed by atoms with Crippen molar-refractivity contribution in [3.8, 4) is 0 Å². The van der Waals surface area contributed by atoms with Crippen LogP contribution in [0.25, 0.3) is 42.4 Å². The molecule has 3 aromatic carbocycles. The van der Waals surface area contributed by atoms with Crippen LogP contribution in [0.4, 0.5) is 30.5 Å². The van der Waals surface area contributed by atoms with Gasteiger partial charge in [0.2, 0.25) is 0 Å². The first kappa shape index (κ1) is 34.7. The highest BCUT2D eigenvalue weighted by Crippen LogP contribution is 2.38. The van der Waals surface area contributed by atoms with Gasteiger partial charge in [-0.2, -0.15) is 0 Å². The molecule has 2 fully saturated rings. The van der Waals surface area contributed by atoms with Gasteiger partial charge in [0.25, 0.3) is 0 Å². The van der Waals surface area contributed by atoms with Crippen LogP contribution < -0.4 is 19.6 Å². The van der Waals surface area contributed by atoms with E-state index in [1.165, 1.54) is 17.8 Å². The molecule has 9 heterocycles. The topological polar surface area (TPSA) is 99.0 Å². The molecular formula is C43H38F2N8O3S2. The minimum atomic E-state index is -0.245. The van der Waals surface area contributed by atoms with Gasteiger partial charge in [0.05, 0.1) is 23.4 Å². The van der Waals surface area contributed by atoms with Crippen LogP contribution in [0.3, 0.4) is 0 Å². The Hall–Kier alpha value is -5.35. The van der Waals surface area contributed by atoms with Crippen molar-refractivity contribution >= 4 is 86.9 Å². The van der Waals surface area contributed by atoms with Crippen molar-refractivity contribution < 1.29 is 22.7 Å². The number of H-pyrrole nitrogens is 1. The zero-order valence-electron chi connectivity index (χ0n) is 31.4. The number of anilines is 4. The van der Waals surface area contributed by atoms with Crippen molar-refractivity contribution in [3.63, 3.8) is 0 Å². The smallest absolute Gasteiger partial charge is 0.188 e. The number of fused-ring (bicyclic) bond motifs is 8. The molecule has 1 N–H and O–H groups in total. The average molecular weight is 817 g/mol. The molecule has 5 aromatic heterocycles. The van der Waals surface area contributed by atoms with Crippen molar-refractivity contribution in [1.82, 2.24) is 19.9 Å². The summed E-state index contributed by atoms with van der Waals surface area (Å²) in [6, 6.07) is 20.3. The van der Waals surface area contributed by atoms with Gasteiger partial charge in [0, 0.05) is 104 Å². The number of pyridine rings is 1. The zero-order valence-corrected chi connectivity index (χ0v) is 33.1. The molecule has 0 radical (unpaired) electrons. The number of ether oxygens (including phenoxy) is 2. The normalized spacial score (nSPS) is 20.2. The number of hydrogen-bond donors (Lipinski definition) is 1. The summed E-state index contributed by atoms with van der Waals surface area (Å²) in [4.78, 5) is 28.8. The number of morpholine rings is 2. The molecule has 294 valence electrons. The molecule has 0 spiro atoms. The number of furan rings is 1. The van der Waals surface area contributed by atoms with Crippen LogP contribution in [0.15, 0.2) is 71.1 Å². The van der Waals surface area contributed by atoms with Gasteiger partial charge in [-0.25, -0.2) is 23.7 Å². The summed E-state index contributed by atoms with van der Waals surface area (Å²) in [7, 11) is 0. The third kappa shape index (κ3) is 5.97. The van der Waals surface area contributed by atoms with E-state index in [0.717, 1.165) is 120 Å². The van der Waals surface area contributed by atoms with Crippen molar-refractivity contribution in [1.29, 1.82) is 0 Å². The fraction of sp³-hybridized carbons (Fsp3) is 0.326. The number of hydrogen-bond acceptors (Lipinski definition) is 12. The van der Waals surface area contributed by atoms with E-state index >= 15 is 0 Å². The lowest BCUT2D eigenvalue weighted by Crippen LogP contribution is -2.55. The van der Waals surface area contributed by atoms with Gasteiger partial charge in [-0.05, 0) is 66.7 Å². The summed E-state index contributed by atoms with van der Waals surface area (Å²) in [5, 5.41) is 3.73. The summed E-state index contributed by atoms with van der Waals surface area (Å²) in [6.45, 7) is 7.09. The van der Waals surface area contributed by atoms with Gasteiger partial charge in [-0.1, -0.05) is 22.7 Å². The molecule has 0 aliphatic carbocycles. The van der Waals surface area contributed by atoms with E-state index in [4.69, 9.17) is 28.8 Å². The Morgan fingerprint density at radius 3 is 2.22 bits per heavy atom. The maximum Gasteiger partial charge on any atom is 0.188 e. The van der Waals surface area contributed by atoms with Crippen LogP contribution in [-0.4, -0.2) is 84.6 Å². The highest BCUT2D eigenvalue weighted by Gasteiger charge is 2.35. The maximum atomic E-state index is 14.1. The van der Waals surface area contributed by atoms with Crippen LogP contribution in [0.1, 0.15) is 22.6 Å². The second kappa shape index (κ2) is 13.6. The molecule has 0 amide bonds. The Labute approximate surface area is 339 Å². The van der Waals surface area contributed by atoms with E-state index in [-0.39, 0.29) is 23.8 Å². The lowest BCUT2D eigenvalue weighted by molar-refractivity contribution is -0.0825. The van der Waals surface area contributed by atoms with E-state index in [2.05, 4.69) is 54.9 Å². The molecule has 2 atom stereocenters. The van der Waals surface area contributed by atoms with Crippen molar-refractivity contribution in [2.75, 3.05) is 72.1 Å². The first-order valence-corrected chi connectivity index (χ1v) is 21.5. The Kier molecular flexibility index (Phi) is 8.14. The fourth-order valence-electron chi connectivity index (χ4n) is 9.14. The first-order chi connectivity index (χ1) is 28.5. The molecule has 15 heteroatoms. The van der Waals surface area contributed by atoms with E-state index in [9.17, 15) is 8.78 Å². The highest BCUT2D eigenvalue weighted by atomic mass is 32.1. The van der Waals surface area contributed by atoms with E-state index in [1.54, 1.807) is 40.9 Å². The quantitative estimate of drug-likeness (QED) is 0.184. The summed E-state index contributed by atoms with van der Waals surface area (Å²) >= 11 is 3.32. The van der Waals surface area contributed by atoms with Crippen LogP contribution in [-0.2, 0) is 35.4 Å². The number of benzene rings is 3. The number of aromatic amines is 1. The molecule has 4 aliphatic rings. The average Bonchev–Trinajstić information content (AvgIpc) is 4.05. The van der Waals surface area contributed by atoms with Crippen molar-refractivity contribution in [3.05, 3.63) is 101 Å². The van der Waals surface area contributed by atoms with Crippen LogP contribution in [0, 0.1) is 11.6 Å². The SMILES string of the molecule is Fc1ccc2[nH]c3c(c2c1)CN(c1ccc2nc(N4CCOC(C5CN(c6nc7ccc(N8CCc9oc%10ccc(F)cc%10c9C8)cc7s6)CCO5)C4)sc2n1)CC3. The number of aromatic nitrogens is 4. The van der Waals surface area contributed by atoms with E-state index in [1.807, 2.05) is 6.07 Å². The van der Waals surface area contributed by atoms with Gasteiger partial charge in [0.15, 0.2) is 10.3 Å². The lowest BCUT2D eigenvalue weighted by atomic mass is 10.0. The second-order valence-corrected chi connectivity index (χ2v) is 17.6. The molecule has 2 unspecified atom stereocenters. The molecule has 8 aromatic rings. The predicted octanol–water partition coefficient (Wildman–Crippen LogP) is 8.04. The van der Waals surface area contributed by atoms with Gasteiger partial charge in [-0.15, -0.1) is 0 Å². The molecule has 2 saturated heterocycles. The van der Waals surface area contributed by atoms with Gasteiger partial charge < -0.3 is 38.5 Å². The number of rotatable bonds is 5. The van der Waals surface area contributed by atoms with Crippen LogP contribution >= 0.6 is 22.7 Å². The molecule has 0 saturated carbocycles. The largest absolute Gasteiger partial charge is 0.461 e. The third-order valence-electron chi connectivity index (χ3n) is 12.2. The maximum absolute atomic E-state index is 14.1. The van der Waals surface area contributed by atoms with Gasteiger partial charge in [-0.3, -0.25) is 0 Å².